The molecule has 1 nitrogen and oxygen atoms in total. The van der Waals surface area contributed by atoms with E-state index >= 15 is 0 Å². The van der Waals surface area contributed by atoms with Crippen LogP contribution < -0.4 is 0 Å². The Bertz CT molecular complexity index is 91.5. The summed E-state index contributed by atoms with van der Waals surface area (Å²) in [6, 6.07) is 0. The molecule has 0 fully saturated rings. The van der Waals surface area contributed by atoms with Crippen LogP contribution in [0.2, 0.25) is 0 Å². The van der Waals surface area contributed by atoms with Gasteiger partial charge in [0.1, 0.15) is 0 Å². The molecule has 0 aliphatic carbocycles. The highest BCUT2D eigenvalue weighted by molar-refractivity contribution is 4.50. The minimum Gasteiger partial charge on any atom is -0.331 e. The molecule has 0 saturated carbocycles. The number of unbranched alkanes of at least 4 members (excludes halogenated alkanes) is 1. The number of quaternary nitrogens is 1. The van der Waals surface area contributed by atoms with Crippen LogP contribution >= 0.6 is 0 Å². The van der Waals surface area contributed by atoms with Gasteiger partial charge in [-0.2, -0.15) is 0 Å². The van der Waals surface area contributed by atoms with Crippen molar-refractivity contribution in [2.75, 3.05) is 27.7 Å². The van der Waals surface area contributed by atoms with Crippen LogP contribution in [-0.4, -0.2) is 32.2 Å². The van der Waals surface area contributed by atoms with Gasteiger partial charge in [-0.25, -0.2) is 0 Å². The largest absolute Gasteiger partial charge is 0.331 e. The lowest BCUT2D eigenvalue weighted by atomic mass is 10.0. The molecule has 0 aliphatic heterocycles. The summed E-state index contributed by atoms with van der Waals surface area (Å²) in [4.78, 5) is 0. The zero-order valence-corrected chi connectivity index (χ0v) is 8.85. The van der Waals surface area contributed by atoms with Crippen molar-refractivity contribution in [3.8, 4) is 0 Å². The van der Waals surface area contributed by atoms with Crippen LogP contribution in [0.1, 0.15) is 33.1 Å². The van der Waals surface area contributed by atoms with E-state index in [9.17, 15) is 0 Å². The third-order valence-corrected chi connectivity index (χ3v) is 1.91. The molecular formula is C10H24N+. The highest BCUT2D eigenvalue weighted by Crippen LogP contribution is 2.10. The van der Waals surface area contributed by atoms with E-state index < -0.39 is 0 Å². The lowest BCUT2D eigenvalue weighted by molar-refractivity contribution is -0.873. The molecule has 0 radical (unpaired) electrons. The first kappa shape index (κ1) is 11.0. The molecule has 68 valence electrons. The molecule has 0 aromatic rings. The van der Waals surface area contributed by atoms with E-state index in [4.69, 9.17) is 0 Å². The monoisotopic (exact) mass is 158 g/mol. The first-order valence-corrected chi connectivity index (χ1v) is 4.76. The highest BCUT2D eigenvalue weighted by atomic mass is 15.3. The van der Waals surface area contributed by atoms with Crippen LogP contribution in [0.3, 0.4) is 0 Å². The van der Waals surface area contributed by atoms with Gasteiger partial charge in [0.2, 0.25) is 0 Å². The van der Waals surface area contributed by atoms with Crippen LogP contribution in [0.25, 0.3) is 0 Å². The van der Waals surface area contributed by atoms with Gasteiger partial charge in [0, 0.05) is 5.92 Å². The second-order valence-electron chi connectivity index (χ2n) is 4.72. The molecule has 1 heteroatoms. The Labute approximate surface area is 72.0 Å². The van der Waals surface area contributed by atoms with Gasteiger partial charge in [-0.15, -0.1) is 0 Å². The fraction of sp³-hybridized carbons (Fsp3) is 1.00. The van der Waals surface area contributed by atoms with Gasteiger partial charge in [0.05, 0.1) is 27.7 Å². The summed E-state index contributed by atoms with van der Waals surface area (Å²) in [6.07, 6.45) is 4.12. The van der Waals surface area contributed by atoms with Crippen LogP contribution in [-0.2, 0) is 0 Å². The number of hydrogen-bond acceptors (Lipinski definition) is 0. The van der Waals surface area contributed by atoms with Crippen molar-refractivity contribution in [3.05, 3.63) is 0 Å². The minimum atomic E-state index is 0.884. The molecule has 11 heavy (non-hydrogen) atoms. The zero-order chi connectivity index (χ0) is 8.91. The average molecular weight is 158 g/mol. The zero-order valence-electron chi connectivity index (χ0n) is 8.85. The Hall–Kier alpha value is -0.0400. The van der Waals surface area contributed by atoms with Crippen LogP contribution in [0.15, 0.2) is 0 Å². The molecule has 0 aromatic heterocycles. The number of hydrogen-bond donors (Lipinski definition) is 0. The molecule has 0 spiro atoms. The van der Waals surface area contributed by atoms with E-state index in [0.29, 0.717) is 0 Å². The van der Waals surface area contributed by atoms with Gasteiger partial charge in [0.25, 0.3) is 0 Å². The van der Waals surface area contributed by atoms with Crippen LogP contribution in [0, 0.1) is 5.92 Å². The second-order valence-corrected chi connectivity index (χ2v) is 4.72. The maximum atomic E-state index is 2.36. The molecule has 0 amide bonds. The van der Waals surface area contributed by atoms with Crippen molar-refractivity contribution >= 4 is 0 Å². The quantitative estimate of drug-likeness (QED) is 0.539. The fourth-order valence-electron chi connectivity index (χ4n) is 1.58. The molecule has 0 heterocycles. The van der Waals surface area contributed by atoms with Crippen molar-refractivity contribution in [3.63, 3.8) is 0 Å². The predicted molar refractivity (Wildman–Crippen MR) is 51.6 cm³/mol. The van der Waals surface area contributed by atoms with Crippen LogP contribution in [0.5, 0.6) is 0 Å². The Balaban J connectivity index is 3.44. The van der Waals surface area contributed by atoms with E-state index in [1.807, 2.05) is 0 Å². The summed E-state index contributed by atoms with van der Waals surface area (Å²) >= 11 is 0. The summed E-state index contributed by atoms with van der Waals surface area (Å²) in [6.45, 7) is 5.93. The Morgan fingerprint density at radius 2 is 1.73 bits per heavy atom. The normalized spacial score (nSPS) is 15.0. The molecule has 0 N–H and O–H groups in total. The smallest absolute Gasteiger partial charge is 0.0806 e. The predicted octanol–water partition coefficient (Wildman–Crippen LogP) is 2.52. The van der Waals surface area contributed by atoms with Crippen molar-refractivity contribution < 1.29 is 4.48 Å². The molecule has 0 aromatic carbocycles. The van der Waals surface area contributed by atoms with E-state index in [-0.39, 0.29) is 0 Å². The van der Waals surface area contributed by atoms with Gasteiger partial charge in [-0.3, -0.25) is 0 Å². The molecule has 0 aliphatic rings. The third-order valence-electron chi connectivity index (χ3n) is 1.91. The van der Waals surface area contributed by atoms with Gasteiger partial charge < -0.3 is 4.48 Å². The molecule has 1 atom stereocenters. The van der Waals surface area contributed by atoms with E-state index in [0.717, 1.165) is 10.4 Å². The maximum absolute atomic E-state index is 2.36. The second kappa shape index (κ2) is 4.76. The number of nitrogens with zero attached hydrogens (tertiary/aromatic N) is 1. The number of rotatable bonds is 5. The SMILES string of the molecule is CCCCC(C)C[N+](C)(C)C. The first-order chi connectivity index (χ1) is 4.95. The molecule has 0 bridgehead atoms. The highest BCUT2D eigenvalue weighted by Gasteiger charge is 2.12. The van der Waals surface area contributed by atoms with E-state index in [1.54, 1.807) is 0 Å². The summed E-state index contributed by atoms with van der Waals surface area (Å²) in [5.41, 5.74) is 0. The van der Waals surface area contributed by atoms with E-state index in [2.05, 4.69) is 35.0 Å². The first-order valence-electron chi connectivity index (χ1n) is 4.76. The summed E-state index contributed by atoms with van der Waals surface area (Å²) in [5, 5.41) is 0. The molecule has 0 saturated heterocycles. The van der Waals surface area contributed by atoms with Gasteiger partial charge in [-0.1, -0.05) is 26.7 Å². The van der Waals surface area contributed by atoms with Crippen molar-refractivity contribution in [2.24, 2.45) is 5.92 Å². The Morgan fingerprint density at radius 3 is 2.09 bits per heavy atom. The van der Waals surface area contributed by atoms with Gasteiger partial charge in [0.15, 0.2) is 0 Å². The average Bonchev–Trinajstić information content (AvgIpc) is 1.79. The standard InChI is InChI=1S/C10H24N/c1-6-7-8-10(2)9-11(3,4)5/h10H,6-9H2,1-5H3/q+1. The summed E-state index contributed by atoms with van der Waals surface area (Å²) < 4.78 is 1.10. The van der Waals surface area contributed by atoms with Crippen LogP contribution in [0.4, 0.5) is 0 Å². The lowest BCUT2D eigenvalue weighted by Crippen LogP contribution is -2.38. The van der Waals surface area contributed by atoms with E-state index in [1.165, 1.54) is 25.8 Å². The third kappa shape index (κ3) is 7.86. The maximum Gasteiger partial charge on any atom is 0.0806 e. The Morgan fingerprint density at radius 1 is 1.18 bits per heavy atom. The Kier molecular flexibility index (Phi) is 4.74. The van der Waals surface area contributed by atoms with Gasteiger partial charge >= 0.3 is 0 Å². The lowest BCUT2D eigenvalue weighted by Gasteiger charge is -2.27. The summed E-state index contributed by atoms with van der Waals surface area (Å²) in [7, 11) is 6.80. The summed E-state index contributed by atoms with van der Waals surface area (Å²) in [5.74, 6) is 0.884. The van der Waals surface area contributed by atoms with Gasteiger partial charge in [-0.05, 0) is 6.42 Å². The molecule has 0 rings (SSSR count). The minimum absolute atomic E-state index is 0.884. The topological polar surface area (TPSA) is 0 Å². The van der Waals surface area contributed by atoms with Crippen molar-refractivity contribution in [2.45, 2.75) is 33.1 Å². The molecule has 1 unspecified atom stereocenters. The molecular weight excluding hydrogens is 134 g/mol. The van der Waals surface area contributed by atoms with Crippen molar-refractivity contribution in [1.29, 1.82) is 0 Å². The fourth-order valence-corrected chi connectivity index (χ4v) is 1.58. The van der Waals surface area contributed by atoms with Crippen molar-refractivity contribution in [1.82, 2.24) is 0 Å².